The van der Waals surface area contributed by atoms with Crippen molar-refractivity contribution in [3.63, 3.8) is 0 Å². The first kappa shape index (κ1) is 25.8. The predicted octanol–water partition coefficient (Wildman–Crippen LogP) is 3.12. The van der Waals surface area contributed by atoms with Crippen LogP contribution in [0.1, 0.15) is 47.2 Å². The highest BCUT2D eigenvalue weighted by molar-refractivity contribution is 5.98. The van der Waals surface area contributed by atoms with E-state index in [9.17, 15) is 9.59 Å². The number of ether oxygens (including phenoxy) is 2. The van der Waals surface area contributed by atoms with Crippen LogP contribution in [0.5, 0.6) is 5.75 Å². The Kier molecular flexibility index (Phi) is 9.00. The molecule has 0 saturated carbocycles. The van der Waals surface area contributed by atoms with E-state index in [0.29, 0.717) is 31.1 Å². The Morgan fingerprint density at radius 1 is 1.19 bits per heavy atom. The second kappa shape index (κ2) is 12.6. The molecule has 9 nitrogen and oxygen atoms in total. The van der Waals surface area contributed by atoms with Crippen molar-refractivity contribution >= 4 is 17.8 Å². The molecule has 1 aromatic heterocycles. The third-order valence-electron chi connectivity index (χ3n) is 6.76. The fourth-order valence-electron chi connectivity index (χ4n) is 4.81. The van der Waals surface area contributed by atoms with E-state index in [2.05, 4.69) is 20.5 Å². The molecular weight excluding hydrogens is 458 g/mol. The van der Waals surface area contributed by atoms with E-state index in [-0.39, 0.29) is 18.0 Å². The molecule has 2 N–H and O–H groups in total. The monoisotopic (exact) mass is 495 g/mol. The quantitative estimate of drug-likeness (QED) is 0.492. The number of aryl methyl sites for hydroxylation is 1. The van der Waals surface area contributed by atoms with E-state index >= 15 is 0 Å². The van der Waals surface area contributed by atoms with E-state index in [0.717, 1.165) is 68.7 Å². The topological polar surface area (TPSA) is 96.0 Å². The van der Waals surface area contributed by atoms with Crippen molar-refractivity contribution in [2.24, 2.45) is 0 Å². The van der Waals surface area contributed by atoms with Crippen LogP contribution < -0.4 is 20.3 Å². The average Bonchev–Trinajstić information content (AvgIpc) is 2.91. The predicted molar refractivity (Wildman–Crippen MR) is 139 cm³/mol. The van der Waals surface area contributed by atoms with Gasteiger partial charge in [-0.25, -0.2) is 9.78 Å². The van der Waals surface area contributed by atoms with Crippen LogP contribution >= 0.6 is 0 Å². The smallest absolute Gasteiger partial charge is 0.317 e. The van der Waals surface area contributed by atoms with Gasteiger partial charge in [0, 0.05) is 70.7 Å². The van der Waals surface area contributed by atoms with Gasteiger partial charge in [-0.1, -0.05) is 12.1 Å². The fourth-order valence-corrected chi connectivity index (χ4v) is 4.81. The molecule has 2 aliphatic rings. The third kappa shape index (κ3) is 6.46. The van der Waals surface area contributed by atoms with E-state index in [1.807, 2.05) is 36.1 Å². The minimum absolute atomic E-state index is 0.0377. The van der Waals surface area contributed by atoms with Crippen molar-refractivity contribution in [3.8, 4) is 5.75 Å². The third-order valence-corrected chi connectivity index (χ3v) is 6.76. The minimum Gasteiger partial charge on any atom is -0.493 e. The average molecular weight is 496 g/mol. The number of hydrogen-bond donors (Lipinski definition) is 2. The Morgan fingerprint density at radius 2 is 2.03 bits per heavy atom. The van der Waals surface area contributed by atoms with Crippen molar-refractivity contribution in [2.75, 3.05) is 51.4 Å². The maximum atomic E-state index is 13.2. The first-order valence-corrected chi connectivity index (χ1v) is 12.8. The summed E-state index contributed by atoms with van der Waals surface area (Å²) in [7, 11) is 1.68. The van der Waals surface area contributed by atoms with Crippen molar-refractivity contribution in [2.45, 2.75) is 45.2 Å². The fraction of sp³-hybridized carbons (Fsp3) is 0.519. The summed E-state index contributed by atoms with van der Waals surface area (Å²) in [6.45, 7) is 6.65. The van der Waals surface area contributed by atoms with Gasteiger partial charge >= 0.3 is 6.03 Å². The number of nitrogens with zero attached hydrogens (tertiary/aromatic N) is 3. The largest absolute Gasteiger partial charge is 0.493 e. The summed E-state index contributed by atoms with van der Waals surface area (Å²) in [5.41, 5.74) is 2.59. The summed E-state index contributed by atoms with van der Waals surface area (Å²) < 4.78 is 11.1. The molecule has 2 saturated heterocycles. The number of benzene rings is 1. The summed E-state index contributed by atoms with van der Waals surface area (Å²) >= 11 is 0. The molecule has 0 spiro atoms. The molecule has 0 aliphatic carbocycles. The van der Waals surface area contributed by atoms with Gasteiger partial charge in [0.1, 0.15) is 11.6 Å². The van der Waals surface area contributed by atoms with Crippen LogP contribution in [-0.2, 0) is 11.3 Å². The summed E-state index contributed by atoms with van der Waals surface area (Å²) in [4.78, 5) is 34.1. The number of rotatable bonds is 10. The van der Waals surface area contributed by atoms with Crippen molar-refractivity contribution < 1.29 is 19.1 Å². The molecule has 0 bridgehead atoms. The van der Waals surface area contributed by atoms with E-state index in [1.54, 1.807) is 19.4 Å². The summed E-state index contributed by atoms with van der Waals surface area (Å²) in [5, 5.41) is 5.99. The molecule has 0 radical (unpaired) electrons. The first-order valence-electron chi connectivity index (χ1n) is 12.8. The van der Waals surface area contributed by atoms with Gasteiger partial charge in [-0.15, -0.1) is 0 Å². The normalized spacial score (nSPS) is 16.6. The molecule has 4 rings (SSSR count). The van der Waals surface area contributed by atoms with Gasteiger partial charge in [0.2, 0.25) is 0 Å². The molecule has 194 valence electrons. The highest BCUT2D eigenvalue weighted by Gasteiger charge is 2.30. The summed E-state index contributed by atoms with van der Waals surface area (Å²) in [6, 6.07) is 9.88. The minimum atomic E-state index is -0.165. The van der Waals surface area contributed by atoms with Crippen molar-refractivity contribution in [1.29, 1.82) is 0 Å². The van der Waals surface area contributed by atoms with Crippen molar-refractivity contribution in [1.82, 2.24) is 20.5 Å². The van der Waals surface area contributed by atoms with Crippen LogP contribution in [0.2, 0.25) is 0 Å². The molecule has 2 fully saturated rings. The molecule has 3 amide bonds. The zero-order valence-electron chi connectivity index (χ0n) is 21.3. The number of nitrogens with one attached hydrogen (secondary N) is 2. The highest BCUT2D eigenvalue weighted by Crippen LogP contribution is 2.25. The lowest BCUT2D eigenvalue weighted by molar-refractivity contribution is 0.0950. The van der Waals surface area contributed by atoms with Crippen LogP contribution in [0.3, 0.4) is 0 Å². The van der Waals surface area contributed by atoms with Crippen LogP contribution in [-0.4, -0.2) is 74.4 Å². The second-order valence-corrected chi connectivity index (χ2v) is 9.36. The molecule has 2 aromatic rings. The summed E-state index contributed by atoms with van der Waals surface area (Å²) in [6.07, 6.45) is 5.23. The molecular formula is C27H37N5O4. The van der Waals surface area contributed by atoms with Gasteiger partial charge in [-0.2, -0.15) is 0 Å². The number of pyridine rings is 1. The van der Waals surface area contributed by atoms with Gasteiger partial charge in [0.15, 0.2) is 0 Å². The Bertz CT molecular complexity index is 1040. The molecule has 0 atom stereocenters. The second-order valence-electron chi connectivity index (χ2n) is 9.36. The van der Waals surface area contributed by atoms with Crippen LogP contribution in [0.15, 0.2) is 36.5 Å². The molecule has 36 heavy (non-hydrogen) atoms. The number of urea groups is 1. The van der Waals surface area contributed by atoms with Crippen LogP contribution in [0.25, 0.3) is 0 Å². The number of piperidine rings is 1. The Labute approximate surface area is 213 Å². The highest BCUT2D eigenvalue weighted by atomic mass is 16.5. The standard InChI is InChI=1S/C27H37N5O4/c1-20-7-8-21(24(18-20)36-17-5-16-35-2)19-30-26(33)23-6-3-11-28-25(23)31-14-9-22(10-15-31)32-13-4-12-29-27(32)34/h3,6-8,11,18,22H,4-5,9-10,12-17,19H2,1-2H3,(H,29,34)(H,30,33). The number of anilines is 1. The number of carbonyl (C=O) groups is 2. The van der Waals surface area contributed by atoms with Crippen LogP contribution in [0.4, 0.5) is 10.6 Å². The Morgan fingerprint density at radius 3 is 2.81 bits per heavy atom. The molecule has 0 unspecified atom stereocenters. The Balaban J connectivity index is 1.37. The van der Waals surface area contributed by atoms with Gasteiger partial charge in [0.05, 0.1) is 12.2 Å². The molecule has 2 aliphatic heterocycles. The molecule has 1 aromatic carbocycles. The van der Waals surface area contributed by atoms with Crippen molar-refractivity contribution in [3.05, 3.63) is 53.2 Å². The molecule has 9 heteroatoms. The Hall–Kier alpha value is -3.33. The number of aromatic nitrogens is 1. The summed E-state index contributed by atoms with van der Waals surface area (Å²) in [5.74, 6) is 1.31. The zero-order chi connectivity index (χ0) is 25.3. The first-order chi connectivity index (χ1) is 17.6. The van der Waals surface area contributed by atoms with E-state index in [1.165, 1.54) is 0 Å². The maximum absolute atomic E-state index is 13.2. The SMILES string of the molecule is COCCCOc1cc(C)ccc1CNC(=O)c1cccnc1N1CCC(N2CCCNC2=O)CC1. The van der Waals surface area contributed by atoms with Crippen LogP contribution in [0, 0.1) is 6.92 Å². The number of methoxy groups -OCH3 is 1. The maximum Gasteiger partial charge on any atom is 0.317 e. The number of hydrogen-bond acceptors (Lipinski definition) is 6. The van der Waals surface area contributed by atoms with Gasteiger partial charge in [0.25, 0.3) is 5.91 Å². The lowest BCUT2D eigenvalue weighted by Gasteiger charge is -2.40. The number of amides is 3. The van der Waals surface area contributed by atoms with Gasteiger partial charge in [-0.05, 0) is 49.9 Å². The zero-order valence-corrected chi connectivity index (χ0v) is 21.3. The van der Waals surface area contributed by atoms with Gasteiger partial charge in [-0.3, -0.25) is 4.79 Å². The number of carbonyl (C=O) groups excluding carboxylic acids is 2. The lowest BCUT2D eigenvalue weighted by atomic mass is 10.0. The van der Waals surface area contributed by atoms with E-state index < -0.39 is 0 Å². The lowest BCUT2D eigenvalue weighted by Crippen LogP contribution is -2.54. The van der Waals surface area contributed by atoms with E-state index in [4.69, 9.17) is 9.47 Å². The molecule has 3 heterocycles. The van der Waals surface area contributed by atoms with Gasteiger partial charge < -0.3 is 29.9 Å².